The Balaban J connectivity index is 1.59. The van der Waals surface area contributed by atoms with E-state index in [4.69, 9.17) is 4.98 Å². The molecule has 0 spiro atoms. The minimum Gasteiger partial charge on any atom is -0.336 e. The fourth-order valence-electron chi connectivity index (χ4n) is 4.69. The van der Waals surface area contributed by atoms with Crippen LogP contribution in [0, 0.1) is 12.8 Å². The van der Waals surface area contributed by atoms with Gasteiger partial charge in [-0.25, -0.2) is 0 Å². The molecule has 2 fully saturated rings. The highest BCUT2D eigenvalue weighted by molar-refractivity contribution is 5.98. The van der Waals surface area contributed by atoms with Gasteiger partial charge >= 0.3 is 0 Å². The number of amides is 1. The summed E-state index contributed by atoms with van der Waals surface area (Å²) in [5.74, 6) is 0.966. The van der Waals surface area contributed by atoms with Crippen LogP contribution in [0.25, 0.3) is 22.0 Å². The van der Waals surface area contributed by atoms with Crippen molar-refractivity contribution in [2.75, 3.05) is 0 Å². The first-order valence-electron chi connectivity index (χ1n) is 10.9. The van der Waals surface area contributed by atoms with Crippen molar-refractivity contribution < 1.29 is 4.79 Å². The first-order valence-corrected chi connectivity index (χ1v) is 10.9. The number of rotatable bonds is 6. The molecule has 3 heteroatoms. The smallest absolute Gasteiger partial charge is 0.227 e. The van der Waals surface area contributed by atoms with Crippen LogP contribution < -0.4 is 0 Å². The van der Waals surface area contributed by atoms with Crippen molar-refractivity contribution in [1.29, 1.82) is 0 Å². The summed E-state index contributed by atoms with van der Waals surface area (Å²) < 4.78 is 0. The summed E-state index contributed by atoms with van der Waals surface area (Å²) in [5, 5.41) is 1.13. The molecule has 2 saturated carbocycles. The van der Waals surface area contributed by atoms with E-state index >= 15 is 0 Å². The topological polar surface area (TPSA) is 33.2 Å². The molecule has 0 saturated heterocycles. The Morgan fingerprint density at radius 3 is 2.41 bits per heavy atom. The highest BCUT2D eigenvalue weighted by Gasteiger charge is 2.41. The molecule has 0 radical (unpaired) electrons. The van der Waals surface area contributed by atoms with Crippen LogP contribution in [0.2, 0.25) is 0 Å². The van der Waals surface area contributed by atoms with Crippen molar-refractivity contribution in [2.45, 2.75) is 58.0 Å². The number of carbonyl (C=O) groups is 1. The second kappa shape index (κ2) is 7.29. The SMILES string of the molecule is Cc1nc2ccccc2c(-c2ccccc2)c1CC(=O)N(C1CC1)C(C)C1CC1. The van der Waals surface area contributed by atoms with Crippen molar-refractivity contribution in [2.24, 2.45) is 5.92 Å². The van der Waals surface area contributed by atoms with Gasteiger partial charge in [-0.15, -0.1) is 0 Å². The van der Waals surface area contributed by atoms with Crippen LogP contribution in [0.1, 0.15) is 43.9 Å². The molecule has 1 atom stereocenters. The lowest BCUT2D eigenvalue weighted by Crippen LogP contribution is -2.42. The monoisotopic (exact) mass is 384 g/mol. The van der Waals surface area contributed by atoms with Crippen molar-refractivity contribution in [3.05, 3.63) is 65.9 Å². The summed E-state index contributed by atoms with van der Waals surface area (Å²) >= 11 is 0. The third kappa shape index (κ3) is 3.55. The zero-order valence-electron chi connectivity index (χ0n) is 17.3. The van der Waals surface area contributed by atoms with E-state index in [-0.39, 0.29) is 5.91 Å². The van der Waals surface area contributed by atoms with Crippen molar-refractivity contribution in [3.8, 4) is 11.1 Å². The summed E-state index contributed by atoms with van der Waals surface area (Å²) in [4.78, 5) is 20.6. The number of hydrogen-bond acceptors (Lipinski definition) is 2. The van der Waals surface area contributed by atoms with Gasteiger partial charge in [0.25, 0.3) is 0 Å². The summed E-state index contributed by atoms with van der Waals surface area (Å²) in [5.41, 5.74) is 5.35. The van der Waals surface area contributed by atoms with Gasteiger partial charge in [0.15, 0.2) is 0 Å². The van der Waals surface area contributed by atoms with Crippen molar-refractivity contribution in [1.82, 2.24) is 9.88 Å². The zero-order valence-corrected chi connectivity index (χ0v) is 17.3. The summed E-state index contributed by atoms with van der Waals surface area (Å²) in [6.07, 6.45) is 5.28. The number of aromatic nitrogens is 1. The van der Waals surface area contributed by atoms with Crippen LogP contribution in [0.15, 0.2) is 54.6 Å². The second-order valence-electron chi connectivity index (χ2n) is 8.72. The summed E-state index contributed by atoms with van der Waals surface area (Å²) in [6.45, 7) is 4.30. The number of aryl methyl sites for hydroxylation is 1. The quantitative estimate of drug-likeness (QED) is 0.559. The average Bonchev–Trinajstić information content (AvgIpc) is 3.63. The van der Waals surface area contributed by atoms with Crippen molar-refractivity contribution in [3.63, 3.8) is 0 Å². The fraction of sp³-hybridized carbons (Fsp3) is 0.385. The molecule has 148 valence electrons. The van der Waals surface area contributed by atoms with E-state index in [2.05, 4.69) is 54.3 Å². The fourth-order valence-corrected chi connectivity index (χ4v) is 4.69. The molecule has 1 amide bonds. The molecule has 3 nitrogen and oxygen atoms in total. The Morgan fingerprint density at radius 2 is 1.72 bits per heavy atom. The van der Waals surface area contributed by atoms with Crippen LogP contribution in [-0.4, -0.2) is 27.9 Å². The first kappa shape index (κ1) is 18.4. The van der Waals surface area contributed by atoms with Crippen LogP contribution >= 0.6 is 0 Å². The van der Waals surface area contributed by atoms with Crippen LogP contribution in [0.5, 0.6) is 0 Å². The van der Waals surface area contributed by atoms with Gasteiger partial charge in [-0.3, -0.25) is 9.78 Å². The van der Waals surface area contributed by atoms with E-state index in [1.54, 1.807) is 0 Å². The minimum atomic E-state index is 0.268. The Kier molecular flexibility index (Phi) is 4.61. The van der Waals surface area contributed by atoms with E-state index in [1.807, 2.05) is 19.1 Å². The average molecular weight is 385 g/mol. The third-order valence-corrected chi connectivity index (χ3v) is 6.56. The Bertz CT molecular complexity index is 1050. The lowest BCUT2D eigenvalue weighted by atomic mass is 9.92. The van der Waals surface area contributed by atoms with Gasteiger partial charge < -0.3 is 4.90 Å². The highest BCUT2D eigenvalue weighted by Crippen LogP contribution is 2.41. The third-order valence-electron chi connectivity index (χ3n) is 6.56. The molecule has 1 heterocycles. The molecule has 0 aliphatic heterocycles. The number of para-hydroxylation sites is 1. The maximum atomic E-state index is 13.5. The summed E-state index contributed by atoms with van der Waals surface area (Å²) in [6, 6.07) is 19.5. The first-order chi connectivity index (χ1) is 14.1. The number of nitrogens with zero attached hydrogens (tertiary/aromatic N) is 2. The van der Waals surface area contributed by atoms with Crippen molar-refractivity contribution >= 4 is 16.8 Å². The molecule has 1 unspecified atom stereocenters. The van der Waals surface area contributed by atoms with E-state index in [0.717, 1.165) is 46.1 Å². The largest absolute Gasteiger partial charge is 0.336 e. The predicted octanol–water partition coefficient (Wildman–Crippen LogP) is 5.54. The zero-order chi connectivity index (χ0) is 20.0. The van der Waals surface area contributed by atoms with E-state index in [0.29, 0.717) is 24.4 Å². The van der Waals surface area contributed by atoms with Gasteiger partial charge in [0.05, 0.1) is 11.9 Å². The van der Waals surface area contributed by atoms with E-state index in [9.17, 15) is 4.79 Å². The number of fused-ring (bicyclic) bond motifs is 1. The maximum Gasteiger partial charge on any atom is 0.227 e. The molecule has 0 N–H and O–H groups in total. The number of carbonyl (C=O) groups excluding carboxylic acids is 1. The van der Waals surface area contributed by atoms with Gasteiger partial charge in [-0.1, -0.05) is 48.5 Å². The van der Waals surface area contributed by atoms with E-state index < -0.39 is 0 Å². The molecule has 2 aliphatic rings. The Morgan fingerprint density at radius 1 is 1.03 bits per heavy atom. The van der Waals surface area contributed by atoms with Gasteiger partial charge in [-0.2, -0.15) is 0 Å². The van der Waals surface area contributed by atoms with Gasteiger partial charge in [0.1, 0.15) is 0 Å². The molecule has 5 rings (SSSR count). The Hall–Kier alpha value is -2.68. The van der Waals surface area contributed by atoms with E-state index in [1.165, 1.54) is 12.8 Å². The maximum absolute atomic E-state index is 13.5. The second-order valence-corrected chi connectivity index (χ2v) is 8.72. The molecule has 0 bridgehead atoms. The number of hydrogen-bond donors (Lipinski definition) is 0. The predicted molar refractivity (Wildman–Crippen MR) is 118 cm³/mol. The van der Waals surface area contributed by atoms with Crippen LogP contribution in [0.4, 0.5) is 0 Å². The number of benzene rings is 2. The molecule has 2 aromatic carbocycles. The molecular formula is C26H28N2O. The normalized spacial score (nSPS) is 17.3. The van der Waals surface area contributed by atoms with Crippen LogP contribution in [0.3, 0.4) is 0 Å². The molecule has 29 heavy (non-hydrogen) atoms. The molecule has 3 aromatic rings. The molecular weight excluding hydrogens is 356 g/mol. The molecule has 2 aliphatic carbocycles. The lowest BCUT2D eigenvalue weighted by Gasteiger charge is -2.30. The Labute approximate surface area is 172 Å². The van der Waals surface area contributed by atoms with Gasteiger partial charge in [0.2, 0.25) is 5.91 Å². The molecule has 1 aromatic heterocycles. The highest BCUT2D eigenvalue weighted by atomic mass is 16.2. The van der Waals surface area contributed by atoms with Gasteiger partial charge in [-0.05, 0) is 68.2 Å². The van der Waals surface area contributed by atoms with Crippen LogP contribution in [-0.2, 0) is 11.2 Å². The number of pyridine rings is 1. The lowest BCUT2D eigenvalue weighted by molar-refractivity contribution is -0.133. The standard InChI is InChI=1S/C26H28N2O/c1-17-23(16-25(29)28(21-14-15-21)18(2)19-12-13-19)26(20-8-4-3-5-9-20)22-10-6-7-11-24(22)27-17/h3-11,18-19,21H,12-16H2,1-2H3. The van der Waals surface area contributed by atoms with Gasteiger partial charge in [0, 0.05) is 23.2 Å². The minimum absolute atomic E-state index is 0.268. The summed E-state index contributed by atoms with van der Waals surface area (Å²) in [7, 11) is 0.